The Kier molecular flexibility index (Phi) is 7.82. The Balaban J connectivity index is 2.62. The zero-order chi connectivity index (χ0) is 13.3. The van der Waals surface area contributed by atoms with Crippen LogP contribution in [0.5, 0.6) is 0 Å². The number of ether oxygens (including phenoxy) is 3. The predicted octanol–water partition coefficient (Wildman–Crippen LogP) is 1.98. The van der Waals surface area contributed by atoms with Crippen LogP contribution in [0, 0.1) is 0 Å². The molecule has 0 aromatic carbocycles. The van der Waals surface area contributed by atoms with E-state index in [1.807, 2.05) is 0 Å². The minimum Gasteiger partial charge on any atom is -0.381 e. The SMILES string of the molecule is CCCOCC(NCC)C1(OCC)CCOCC1. The monoisotopic (exact) mass is 259 g/mol. The molecule has 0 aromatic rings. The predicted molar refractivity (Wildman–Crippen MR) is 73.0 cm³/mol. The summed E-state index contributed by atoms with van der Waals surface area (Å²) in [5, 5.41) is 3.53. The van der Waals surface area contributed by atoms with Gasteiger partial charge in [-0.25, -0.2) is 0 Å². The van der Waals surface area contributed by atoms with Gasteiger partial charge in [0.2, 0.25) is 0 Å². The molecular weight excluding hydrogens is 230 g/mol. The Bertz CT molecular complexity index is 200. The van der Waals surface area contributed by atoms with E-state index in [0.717, 1.165) is 58.8 Å². The minimum absolute atomic E-state index is 0.114. The summed E-state index contributed by atoms with van der Waals surface area (Å²) in [6, 6.07) is 0.262. The van der Waals surface area contributed by atoms with Crippen LogP contribution < -0.4 is 5.32 Å². The highest BCUT2D eigenvalue weighted by Gasteiger charge is 2.40. The van der Waals surface area contributed by atoms with E-state index in [0.29, 0.717) is 0 Å². The van der Waals surface area contributed by atoms with Crippen LogP contribution in [-0.4, -0.2) is 51.2 Å². The fraction of sp³-hybridized carbons (Fsp3) is 1.00. The maximum atomic E-state index is 6.09. The Morgan fingerprint density at radius 1 is 1.22 bits per heavy atom. The molecule has 1 fully saturated rings. The molecule has 1 heterocycles. The molecular formula is C14H29NO3. The first-order valence-corrected chi connectivity index (χ1v) is 7.32. The second-order valence-corrected chi connectivity index (χ2v) is 4.80. The maximum Gasteiger partial charge on any atom is 0.0900 e. The van der Waals surface area contributed by atoms with Crippen molar-refractivity contribution >= 4 is 0 Å². The number of likely N-dealkylation sites (N-methyl/N-ethyl adjacent to an activating group) is 1. The van der Waals surface area contributed by atoms with Crippen LogP contribution in [0.4, 0.5) is 0 Å². The molecule has 0 spiro atoms. The zero-order valence-electron chi connectivity index (χ0n) is 12.2. The molecule has 4 heteroatoms. The Hall–Kier alpha value is -0.160. The fourth-order valence-electron chi connectivity index (χ4n) is 2.59. The summed E-state index contributed by atoms with van der Waals surface area (Å²) in [5.41, 5.74) is -0.114. The molecule has 4 nitrogen and oxygen atoms in total. The van der Waals surface area contributed by atoms with Crippen molar-refractivity contribution in [2.24, 2.45) is 0 Å². The molecule has 1 N–H and O–H groups in total. The van der Waals surface area contributed by atoms with Gasteiger partial charge in [-0.05, 0) is 19.9 Å². The van der Waals surface area contributed by atoms with E-state index in [1.165, 1.54) is 0 Å². The lowest BCUT2D eigenvalue weighted by molar-refractivity contribution is -0.137. The average molecular weight is 259 g/mol. The first-order valence-electron chi connectivity index (χ1n) is 7.32. The van der Waals surface area contributed by atoms with E-state index in [4.69, 9.17) is 14.2 Å². The van der Waals surface area contributed by atoms with Gasteiger partial charge in [0.05, 0.1) is 18.2 Å². The van der Waals surface area contributed by atoms with E-state index >= 15 is 0 Å². The molecule has 1 unspecified atom stereocenters. The van der Waals surface area contributed by atoms with Crippen molar-refractivity contribution in [3.63, 3.8) is 0 Å². The van der Waals surface area contributed by atoms with Gasteiger partial charge in [-0.2, -0.15) is 0 Å². The van der Waals surface area contributed by atoms with Crippen molar-refractivity contribution in [3.8, 4) is 0 Å². The lowest BCUT2D eigenvalue weighted by Crippen LogP contribution is -2.57. The third-order valence-corrected chi connectivity index (χ3v) is 3.49. The Labute approximate surface area is 111 Å². The number of nitrogens with one attached hydrogen (secondary N) is 1. The molecule has 1 saturated heterocycles. The Morgan fingerprint density at radius 2 is 1.94 bits per heavy atom. The summed E-state index contributed by atoms with van der Waals surface area (Å²) in [5.74, 6) is 0. The number of rotatable bonds is 9. The van der Waals surface area contributed by atoms with Gasteiger partial charge in [0.25, 0.3) is 0 Å². The van der Waals surface area contributed by atoms with Crippen molar-refractivity contribution < 1.29 is 14.2 Å². The van der Waals surface area contributed by atoms with Crippen LogP contribution in [0.2, 0.25) is 0 Å². The van der Waals surface area contributed by atoms with Gasteiger partial charge in [0.1, 0.15) is 0 Å². The topological polar surface area (TPSA) is 39.7 Å². The molecule has 1 aliphatic heterocycles. The molecule has 0 saturated carbocycles. The van der Waals surface area contributed by atoms with Gasteiger partial charge in [0, 0.05) is 39.3 Å². The highest BCUT2D eigenvalue weighted by molar-refractivity contribution is 4.95. The molecule has 108 valence electrons. The zero-order valence-corrected chi connectivity index (χ0v) is 12.2. The third-order valence-electron chi connectivity index (χ3n) is 3.49. The highest BCUT2D eigenvalue weighted by Crippen LogP contribution is 2.29. The van der Waals surface area contributed by atoms with Gasteiger partial charge in [-0.15, -0.1) is 0 Å². The summed E-state index contributed by atoms with van der Waals surface area (Å²) >= 11 is 0. The highest BCUT2D eigenvalue weighted by atomic mass is 16.5. The largest absolute Gasteiger partial charge is 0.381 e. The summed E-state index contributed by atoms with van der Waals surface area (Å²) in [6.07, 6.45) is 2.96. The standard InChI is InChI=1S/C14H29NO3/c1-4-9-17-12-13(15-5-2)14(18-6-3)7-10-16-11-8-14/h13,15H,4-12H2,1-3H3. The van der Waals surface area contributed by atoms with Crippen molar-refractivity contribution in [2.45, 2.75) is 51.7 Å². The lowest BCUT2D eigenvalue weighted by atomic mass is 9.86. The first kappa shape index (κ1) is 15.9. The van der Waals surface area contributed by atoms with Crippen LogP contribution in [0.1, 0.15) is 40.0 Å². The fourth-order valence-corrected chi connectivity index (χ4v) is 2.59. The first-order chi connectivity index (χ1) is 8.79. The average Bonchev–Trinajstić information content (AvgIpc) is 2.39. The molecule has 1 atom stereocenters. The maximum absolute atomic E-state index is 6.09. The third kappa shape index (κ3) is 4.50. The second-order valence-electron chi connectivity index (χ2n) is 4.80. The van der Waals surface area contributed by atoms with Crippen LogP contribution in [0.25, 0.3) is 0 Å². The number of hydrogen-bond acceptors (Lipinski definition) is 4. The molecule has 18 heavy (non-hydrogen) atoms. The quantitative estimate of drug-likeness (QED) is 0.643. The molecule has 0 radical (unpaired) electrons. The van der Waals surface area contributed by atoms with Crippen LogP contribution in [-0.2, 0) is 14.2 Å². The normalized spacial score (nSPS) is 20.8. The minimum atomic E-state index is -0.114. The van der Waals surface area contributed by atoms with Gasteiger partial charge in [-0.1, -0.05) is 13.8 Å². The molecule has 1 rings (SSSR count). The van der Waals surface area contributed by atoms with E-state index in [-0.39, 0.29) is 11.6 Å². The molecule has 0 aliphatic carbocycles. The van der Waals surface area contributed by atoms with Gasteiger partial charge >= 0.3 is 0 Å². The van der Waals surface area contributed by atoms with E-state index in [9.17, 15) is 0 Å². The lowest BCUT2D eigenvalue weighted by Gasteiger charge is -2.43. The number of hydrogen-bond donors (Lipinski definition) is 1. The van der Waals surface area contributed by atoms with Crippen LogP contribution >= 0.6 is 0 Å². The molecule has 0 bridgehead atoms. The summed E-state index contributed by atoms with van der Waals surface area (Å²) in [6.45, 7) is 11.1. The van der Waals surface area contributed by atoms with Crippen LogP contribution in [0.15, 0.2) is 0 Å². The van der Waals surface area contributed by atoms with Gasteiger partial charge < -0.3 is 19.5 Å². The summed E-state index contributed by atoms with van der Waals surface area (Å²) in [4.78, 5) is 0. The van der Waals surface area contributed by atoms with E-state index in [2.05, 4.69) is 26.1 Å². The van der Waals surface area contributed by atoms with E-state index in [1.54, 1.807) is 0 Å². The molecule has 0 aromatic heterocycles. The van der Waals surface area contributed by atoms with E-state index < -0.39 is 0 Å². The van der Waals surface area contributed by atoms with Crippen molar-refractivity contribution in [1.82, 2.24) is 5.32 Å². The summed E-state index contributed by atoms with van der Waals surface area (Å²) in [7, 11) is 0. The second kappa shape index (κ2) is 8.86. The van der Waals surface area contributed by atoms with Crippen molar-refractivity contribution in [1.29, 1.82) is 0 Å². The van der Waals surface area contributed by atoms with Gasteiger partial charge in [0.15, 0.2) is 0 Å². The summed E-state index contributed by atoms with van der Waals surface area (Å²) < 4.78 is 17.3. The van der Waals surface area contributed by atoms with Crippen molar-refractivity contribution in [3.05, 3.63) is 0 Å². The molecule has 1 aliphatic rings. The van der Waals surface area contributed by atoms with Crippen molar-refractivity contribution in [2.75, 3.05) is 39.6 Å². The Morgan fingerprint density at radius 3 is 2.50 bits per heavy atom. The smallest absolute Gasteiger partial charge is 0.0900 e. The van der Waals surface area contributed by atoms with Crippen LogP contribution in [0.3, 0.4) is 0 Å². The van der Waals surface area contributed by atoms with Gasteiger partial charge in [-0.3, -0.25) is 0 Å². The molecule has 0 amide bonds.